The van der Waals surface area contributed by atoms with Gasteiger partial charge in [0, 0.05) is 92.8 Å². The van der Waals surface area contributed by atoms with Gasteiger partial charge in [-0.25, -0.2) is 9.97 Å². The van der Waals surface area contributed by atoms with Crippen LogP contribution in [0.25, 0.3) is 49.9 Å². The van der Waals surface area contributed by atoms with Crippen LogP contribution in [0.2, 0.25) is 0 Å². The average Bonchev–Trinajstić information content (AvgIpc) is 1.61. The summed E-state index contributed by atoms with van der Waals surface area (Å²) in [4.78, 5) is 50.5. The van der Waals surface area contributed by atoms with Crippen molar-refractivity contribution in [2.75, 3.05) is 27.0 Å². The number of fused-ring (bicyclic) bond motifs is 2. The summed E-state index contributed by atoms with van der Waals surface area (Å²) in [5.41, 5.74) is 3.40. The second kappa shape index (κ2) is 24.8. The van der Waals surface area contributed by atoms with Crippen LogP contribution in [0.5, 0.6) is 0 Å². The third kappa shape index (κ3) is 13.0. The van der Waals surface area contributed by atoms with Gasteiger partial charge in [0.2, 0.25) is 0 Å². The van der Waals surface area contributed by atoms with Crippen molar-refractivity contribution >= 4 is 35.1 Å². The lowest BCUT2D eigenvalue weighted by Crippen LogP contribution is -2.42. The number of amides is 2. The van der Waals surface area contributed by atoms with E-state index in [1.807, 2.05) is 50.2 Å². The van der Waals surface area contributed by atoms with Gasteiger partial charge in [0.05, 0.1) is 48.3 Å². The number of aliphatic hydroxyl groups is 1. The number of benzene rings is 3. The minimum Gasteiger partial charge on any atom is -0.390 e. The number of hydrogen-bond donors (Lipinski definition) is 5. The highest BCUT2D eigenvalue weighted by Crippen LogP contribution is 2.46. The molecule has 26 heteroatoms. The molecular formula is C67H66F6N17O3+. The highest BCUT2D eigenvalue weighted by Gasteiger charge is 2.47. The number of pyridine rings is 3. The SMILES string of the molecule is Cc1ccc(-c2nncn2C)c(-c2cc(NC[C@@H](O)CC#N)nc(N3Cc4c(cc(CNC5CC([N+]#CCC6(Nc7cc(-c8cc(C)ncc8-c8nncn8C)cc(N8Cc9c(cc(CNC%10CCCC%10)cc9C(F)(F)F)C8=O)n7)CC6)C5)cc4C(F)(F)F)C3=O)c2)c1. The number of alkyl halides is 6. The number of carbonyl (C=O) groups is 2. The molecule has 3 aliphatic carbocycles. The first-order chi connectivity index (χ1) is 44.6. The van der Waals surface area contributed by atoms with E-state index in [1.165, 1.54) is 15.9 Å². The van der Waals surface area contributed by atoms with Gasteiger partial charge in [0.15, 0.2) is 11.6 Å². The highest BCUT2D eigenvalue weighted by atomic mass is 19.4. The normalized spacial score (nSPS) is 17.8. The molecule has 93 heavy (non-hydrogen) atoms. The Morgan fingerprint density at radius 3 is 1.82 bits per heavy atom. The Hall–Kier alpha value is -9.63. The number of nitrogens with one attached hydrogen (secondary N) is 4. The second-order valence-electron chi connectivity index (χ2n) is 25.1. The maximum Gasteiger partial charge on any atom is 0.416 e. The average molecular weight is 1270 g/mol. The topological polar surface area (TPSA) is 237 Å². The number of hydrogen-bond acceptors (Lipinski definition) is 15. The molecule has 5 aliphatic rings. The maximum atomic E-state index is 15.1. The molecule has 5 aromatic heterocycles. The predicted molar refractivity (Wildman–Crippen MR) is 335 cm³/mol. The molecule has 2 aliphatic heterocycles. The van der Waals surface area contributed by atoms with Gasteiger partial charge >= 0.3 is 12.4 Å². The minimum absolute atomic E-state index is 0.0159. The van der Waals surface area contributed by atoms with Gasteiger partial charge in [-0.3, -0.25) is 24.4 Å². The van der Waals surface area contributed by atoms with Crippen molar-refractivity contribution in [2.45, 2.75) is 146 Å². The molecule has 3 saturated carbocycles. The molecule has 0 radical (unpaired) electrons. The van der Waals surface area contributed by atoms with E-state index in [1.54, 1.807) is 66.3 Å². The number of aliphatic hydroxyl groups excluding tert-OH is 1. The zero-order chi connectivity index (χ0) is 65.1. The van der Waals surface area contributed by atoms with Crippen molar-refractivity contribution in [3.05, 3.63) is 152 Å². The van der Waals surface area contributed by atoms with E-state index in [0.29, 0.717) is 81.4 Å². The van der Waals surface area contributed by atoms with E-state index in [0.717, 1.165) is 56.2 Å². The number of carbonyl (C=O) groups excluding carboxylic acids is 2. The molecule has 1 atom stereocenters. The van der Waals surface area contributed by atoms with E-state index in [9.17, 15) is 33.1 Å². The Morgan fingerprint density at radius 1 is 0.699 bits per heavy atom. The number of nitrogens with zero attached hydrogens (tertiary/aromatic N) is 13. The maximum absolute atomic E-state index is 15.1. The molecule has 0 saturated heterocycles. The monoisotopic (exact) mass is 1270 g/mol. The first-order valence-electron chi connectivity index (χ1n) is 30.9. The number of aromatic nitrogens is 9. The molecule has 2 amide bonds. The minimum atomic E-state index is -4.80. The van der Waals surface area contributed by atoms with Crippen LogP contribution < -0.4 is 31.1 Å². The summed E-state index contributed by atoms with van der Waals surface area (Å²) < 4.78 is 93.5. The molecule has 8 aromatic rings. The molecule has 3 fully saturated rings. The van der Waals surface area contributed by atoms with Crippen LogP contribution in [0.1, 0.15) is 130 Å². The van der Waals surface area contributed by atoms with Gasteiger partial charge in [0.25, 0.3) is 23.9 Å². The summed E-state index contributed by atoms with van der Waals surface area (Å²) in [6.45, 7) is 3.16. The number of rotatable bonds is 19. The predicted octanol–water partition coefficient (Wildman–Crippen LogP) is 11.5. The van der Waals surface area contributed by atoms with Crippen LogP contribution in [0.3, 0.4) is 0 Å². The third-order valence-corrected chi connectivity index (χ3v) is 18.2. The standard InChI is InChI=1S/C67H66F6N17O3/c1-37-9-10-47(61-85-80-35-87(61)3)48(17-37)41-23-57(79-31-46(91)11-15-74)82-59(25-41)89-33-53-51(63(89)92)20-40(22-56(53)67(71,72)73)30-78-45-27-44(28-45)75-16-14-65(12-13-65)84-58-24-42(49-18-38(2)76-32-52(49)62-86-81-36-88(62)4)26-60(83-58)90-34-54-50(64(90)93)19-39(21-55(54)66(68,69)70)29-77-43-7-5-6-8-43/h9-10,17-26,32,35-36,43-46,77-78,91H,5-8,11-14,27-31,33-34H2,1-4H3,(H,79,82)(H,83,84)/q+1/t44?,45?,46-/m0/s1. The Kier molecular flexibility index (Phi) is 16.6. The summed E-state index contributed by atoms with van der Waals surface area (Å²) >= 11 is 0. The Balaban J connectivity index is 0.709. The molecule has 3 aromatic carbocycles. The second-order valence-corrected chi connectivity index (χ2v) is 25.1. The van der Waals surface area contributed by atoms with E-state index >= 15 is 13.2 Å². The third-order valence-electron chi connectivity index (χ3n) is 18.2. The molecule has 0 bridgehead atoms. The lowest BCUT2D eigenvalue weighted by atomic mass is 9.87. The summed E-state index contributed by atoms with van der Waals surface area (Å²) in [7, 11) is 3.60. The van der Waals surface area contributed by atoms with Crippen LogP contribution in [0, 0.1) is 31.2 Å². The van der Waals surface area contributed by atoms with Gasteiger partial charge < -0.3 is 35.5 Å². The van der Waals surface area contributed by atoms with Crippen molar-refractivity contribution < 1.29 is 41.0 Å². The van der Waals surface area contributed by atoms with Gasteiger partial charge in [-0.15, -0.1) is 20.4 Å². The van der Waals surface area contributed by atoms with Gasteiger partial charge in [-0.1, -0.05) is 41.4 Å². The van der Waals surface area contributed by atoms with Crippen LogP contribution in [-0.2, 0) is 52.6 Å². The molecule has 5 N–H and O–H groups in total. The number of anilines is 4. The first-order valence-corrected chi connectivity index (χ1v) is 30.9. The van der Waals surface area contributed by atoms with Crippen LogP contribution in [0.15, 0.2) is 91.6 Å². The fourth-order valence-electron chi connectivity index (χ4n) is 12.9. The van der Waals surface area contributed by atoms with E-state index in [-0.39, 0.29) is 96.0 Å². The molecule has 478 valence electrons. The largest absolute Gasteiger partial charge is 0.416 e. The van der Waals surface area contributed by atoms with Crippen LogP contribution >= 0.6 is 0 Å². The Morgan fingerprint density at radius 2 is 1.26 bits per heavy atom. The van der Waals surface area contributed by atoms with Gasteiger partial charge in [-0.2, -0.15) is 31.6 Å². The molecule has 0 spiro atoms. The summed E-state index contributed by atoms with van der Waals surface area (Å²) in [5, 5.41) is 49.8. The lowest BCUT2D eigenvalue weighted by Gasteiger charge is -2.26. The fourth-order valence-corrected chi connectivity index (χ4v) is 12.9. The van der Waals surface area contributed by atoms with Crippen molar-refractivity contribution in [1.29, 1.82) is 5.26 Å². The molecule has 0 unspecified atom stereocenters. The van der Waals surface area contributed by atoms with Crippen LogP contribution in [0.4, 0.5) is 49.6 Å². The first kappa shape index (κ1) is 62.2. The smallest absolute Gasteiger partial charge is 0.390 e. The fraction of sp³-hybridized carbons (Fsp3) is 0.388. The number of nitriles is 1. The van der Waals surface area contributed by atoms with Crippen molar-refractivity contribution in [3.63, 3.8) is 0 Å². The van der Waals surface area contributed by atoms with Crippen molar-refractivity contribution in [3.8, 4) is 57.2 Å². The molecular weight excluding hydrogens is 1200 g/mol. The van der Waals surface area contributed by atoms with Gasteiger partial charge in [-0.05, 0) is 139 Å². The summed E-state index contributed by atoms with van der Waals surface area (Å²) in [6.07, 6.45) is 1.06. The van der Waals surface area contributed by atoms with E-state index in [2.05, 4.69) is 57.7 Å². The molecule has 20 nitrogen and oxygen atoms in total. The van der Waals surface area contributed by atoms with Crippen LogP contribution in [-0.4, -0.2) is 97.7 Å². The lowest BCUT2D eigenvalue weighted by molar-refractivity contribution is -0.139. The number of halogens is 6. The number of aryl methyl sites for hydroxylation is 4. The summed E-state index contributed by atoms with van der Waals surface area (Å²) in [6, 6.07) is 24.9. The molecule has 7 heterocycles. The van der Waals surface area contributed by atoms with Crippen molar-refractivity contribution in [1.82, 2.24) is 55.1 Å². The van der Waals surface area contributed by atoms with Crippen molar-refractivity contribution in [2.24, 2.45) is 14.1 Å². The van der Waals surface area contributed by atoms with E-state index in [4.69, 9.17) is 9.83 Å². The Bertz CT molecular complexity index is 4360. The Labute approximate surface area is 531 Å². The zero-order valence-electron chi connectivity index (χ0n) is 51.4. The quantitative estimate of drug-likeness (QED) is 0.0473. The highest BCUT2D eigenvalue weighted by molar-refractivity contribution is 6.11. The zero-order valence-corrected chi connectivity index (χ0v) is 51.4. The van der Waals surface area contributed by atoms with E-state index < -0.39 is 53.5 Å². The van der Waals surface area contributed by atoms with Gasteiger partial charge in [0.1, 0.15) is 42.3 Å². The molecule has 13 rings (SSSR count). The summed E-state index contributed by atoms with van der Waals surface area (Å²) in [5.74, 6) is 0.632.